The lowest BCUT2D eigenvalue weighted by molar-refractivity contribution is -0.123. The lowest BCUT2D eigenvalue weighted by atomic mass is 10.1. The standard InChI is InChI=1S/C11H23N3O2/c1-3-5-6-9(12)11(16)14-8-7-10(15)13-4-2/h9H,3-8,12H2,1-2H3,(H,13,15)(H,14,16)/t9-/m0/s1. The molecule has 4 N–H and O–H groups in total. The van der Waals surface area contributed by atoms with E-state index in [-0.39, 0.29) is 11.8 Å². The van der Waals surface area contributed by atoms with Gasteiger partial charge in [-0.3, -0.25) is 9.59 Å². The van der Waals surface area contributed by atoms with Gasteiger partial charge >= 0.3 is 0 Å². The summed E-state index contributed by atoms with van der Waals surface area (Å²) in [4.78, 5) is 22.5. The SMILES string of the molecule is CCCC[C@H](N)C(=O)NCCC(=O)NCC. The van der Waals surface area contributed by atoms with Crippen LogP contribution in [0.1, 0.15) is 39.5 Å². The van der Waals surface area contributed by atoms with Crippen molar-refractivity contribution >= 4 is 11.8 Å². The molecule has 0 saturated carbocycles. The Morgan fingerprint density at radius 1 is 1.25 bits per heavy atom. The van der Waals surface area contributed by atoms with Gasteiger partial charge in [-0.2, -0.15) is 0 Å². The maximum absolute atomic E-state index is 11.4. The number of unbranched alkanes of at least 4 members (excludes halogenated alkanes) is 1. The number of carbonyl (C=O) groups excluding carboxylic acids is 2. The van der Waals surface area contributed by atoms with Crippen LogP contribution >= 0.6 is 0 Å². The van der Waals surface area contributed by atoms with Crippen LogP contribution in [0.25, 0.3) is 0 Å². The average Bonchev–Trinajstić information content (AvgIpc) is 2.26. The van der Waals surface area contributed by atoms with Crippen molar-refractivity contribution in [2.75, 3.05) is 13.1 Å². The number of hydrogen-bond donors (Lipinski definition) is 3. The second-order valence-corrected chi connectivity index (χ2v) is 3.74. The highest BCUT2D eigenvalue weighted by atomic mass is 16.2. The summed E-state index contributed by atoms with van der Waals surface area (Å²) in [5.74, 6) is -0.220. The average molecular weight is 229 g/mol. The van der Waals surface area contributed by atoms with E-state index in [1.807, 2.05) is 6.92 Å². The summed E-state index contributed by atoms with van der Waals surface area (Å²) in [5.41, 5.74) is 5.67. The zero-order chi connectivity index (χ0) is 12.4. The van der Waals surface area contributed by atoms with Crippen molar-refractivity contribution in [1.82, 2.24) is 10.6 Å². The molecule has 0 spiro atoms. The molecule has 1 atom stereocenters. The molecule has 5 heteroatoms. The van der Waals surface area contributed by atoms with Crippen molar-refractivity contribution < 1.29 is 9.59 Å². The minimum atomic E-state index is -0.450. The lowest BCUT2D eigenvalue weighted by Gasteiger charge is -2.11. The Morgan fingerprint density at radius 3 is 2.50 bits per heavy atom. The van der Waals surface area contributed by atoms with Crippen LogP contribution < -0.4 is 16.4 Å². The quantitative estimate of drug-likeness (QED) is 0.554. The number of rotatable bonds is 8. The number of hydrogen-bond acceptors (Lipinski definition) is 3. The van der Waals surface area contributed by atoms with Crippen LogP contribution in [0.2, 0.25) is 0 Å². The van der Waals surface area contributed by atoms with Crippen LogP contribution in [0.3, 0.4) is 0 Å². The van der Waals surface area contributed by atoms with Gasteiger partial charge in [-0.15, -0.1) is 0 Å². The fourth-order valence-electron chi connectivity index (χ4n) is 1.27. The molecule has 0 aromatic rings. The number of amides is 2. The molecule has 0 aliphatic heterocycles. The van der Waals surface area contributed by atoms with Gasteiger partial charge in [-0.1, -0.05) is 19.8 Å². The summed E-state index contributed by atoms with van der Waals surface area (Å²) >= 11 is 0. The van der Waals surface area contributed by atoms with Crippen LogP contribution in [0.4, 0.5) is 0 Å². The van der Waals surface area contributed by atoms with Gasteiger partial charge in [-0.25, -0.2) is 0 Å². The van der Waals surface area contributed by atoms with E-state index in [1.54, 1.807) is 0 Å². The van der Waals surface area contributed by atoms with Gasteiger partial charge in [-0.05, 0) is 13.3 Å². The van der Waals surface area contributed by atoms with Gasteiger partial charge < -0.3 is 16.4 Å². The molecule has 0 saturated heterocycles. The summed E-state index contributed by atoms with van der Waals surface area (Å²) in [5, 5.41) is 5.32. The second kappa shape index (κ2) is 9.15. The van der Waals surface area contributed by atoms with Gasteiger partial charge in [0, 0.05) is 19.5 Å². The monoisotopic (exact) mass is 229 g/mol. The van der Waals surface area contributed by atoms with E-state index < -0.39 is 6.04 Å². The highest BCUT2D eigenvalue weighted by molar-refractivity contribution is 5.82. The van der Waals surface area contributed by atoms with Gasteiger partial charge in [0.1, 0.15) is 0 Å². The topological polar surface area (TPSA) is 84.2 Å². The minimum absolute atomic E-state index is 0.0510. The smallest absolute Gasteiger partial charge is 0.236 e. The molecule has 0 rings (SSSR count). The first kappa shape index (κ1) is 14.9. The third kappa shape index (κ3) is 7.23. The van der Waals surface area contributed by atoms with Crippen LogP contribution in [-0.2, 0) is 9.59 Å². The van der Waals surface area contributed by atoms with Gasteiger partial charge in [0.05, 0.1) is 6.04 Å². The molecule has 0 aliphatic carbocycles. The summed E-state index contributed by atoms with van der Waals surface area (Å²) in [6.45, 7) is 4.88. The Labute approximate surface area is 97.2 Å². The number of nitrogens with one attached hydrogen (secondary N) is 2. The van der Waals surface area contributed by atoms with Gasteiger partial charge in [0.2, 0.25) is 11.8 Å². The van der Waals surface area contributed by atoms with E-state index in [9.17, 15) is 9.59 Å². The van der Waals surface area contributed by atoms with Crippen LogP contribution in [0.15, 0.2) is 0 Å². The first-order valence-corrected chi connectivity index (χ1v) is 5.91. The third-order valence-electron chi connectivity index (χ3n) is 2.23. The largest absolute Gasteiger partial charge is 0.356 e. The Bertz CT molecular complexity index is 219. The van der Waals surface area contributed by atoms with Gasteiger partial charge in [0.25, 0.3) is 0 Å². The highest BCUT2D eigenvalue weighted by Crippen LogP contribution is 1.97. The molecule has 16 heavy (non-hydrogen) atoms. The van der Waals surface area contributed by atoms with Crippen molar-refractivity contribution in [2.45, 2.75) is 45.6 Å². The molecule has 94 valence electrons. The van der Waals surface area contributed by atoms with E-state index in [0.29, 0.717) is 25.9 Å². The first-order valence-electron chi connectivity index (χ1n) is 5.91. The second-order valence-electron chi connectivity index (χ2n) is 3.74. The summed E-state index contributed by atoms with van der Waals surface area (Å²) in [6.07, 6.45) is 2.98. The van der Waals surface area contributed by atoms with Crippen LogP contribution in [-0.4, -0.2) is 30.9 Å². The zero-order valence-electron chi connectivity index (χ0n) is 10.2. The molecule has 0 aromatic heterocycles. The fraction of sp³-hybridized carbons (Fsp3) is 0.818. The van der Waals surface area contributed by atoms with E-state index in [2.05, 4.69) is 17.6 Å². The summed E-state index contributed by atoms with van der Waals surface area (Å²) in [7, 11) is 0. The molecule has 0 aromatic carbocycles. The Morgan fingerprint density at radius 2 is 1.94 bits per heavy atom. The molecule has 2 amide bonds. The zero-order valence-corrected chi connectivity index (χ0v) is 10.2. The van der Waals surface area contributed by atoms with E-state index in [1.165, 1.54) is 0 Å². The molecule has 0 bridgehead atoms. The molecule has 0 aliphatic rings. The molecule has 0 unspecified atom stereocenters. The van der Waals surface area contributed by atoms with Crippen LogP contribution in [0, 0.1) is 0 Å². The van der Waals surface area contributed by atoms with Crippen LogP contribution in [0.5, 0.6) is 0 Å². The Kier molecular flexibility index (Phi) is 8.52. The number of carbonyl (C=O) groups is 2. The molecule has 0 heterocycles. The van der Waals surface area contributed by atoms with E-state index in [4.69, 9.17) is 5.73 Å². The molecular weight excluding hydrogens is 206 g/mol. The summed E-state index contributed by atoms with van der Waals surface area (Å²) in [6, 6.07) is -0.450. The Hall–Kier alpha value is -1.10. The van der Waals surface area contributed by atoms with Crippen molar-refractivity contribution in [2.24, 2.45) is 5.73 Å². The molecule has 5 nitrogen and oxygen atoms in total. The number of nitrogens with two attached hydrogens (primary N) is 1. The van der Waals surface area contributed by atoms with Crippen molar-refractivity contribution in [3.05, 3.63) is 0 Å². The minimum Gasteiger partial charge on any atom is -0.356 e. The normalized spacial score (nSPS) is 11.9. The van der Waals surface area contributed by atoms with Crippen molar-refractivity contribution in [1.29, 1.82) is 0 Å². The summed E-state index contributed by atoms with van der Waals surface area (Å²) < 4.78 is 0. The molecule has 0 fully saturated rings. The van der Waals surface area contributed by atoms with Crippen molar-refractivity contribution in [3.63, 3.8) is 0 Å². The maximum atomic E-state index is 11.4. The fourth-order valence-corrected chi connectivity index (χ4v) is 1.27. The predicted octanol–water partition coefficient (Wildman–Crippen LogP) is 0.146. The van der Waals surface area contributed by atoms with Crippen molar-refractivity contribution in [3.8, 4) is 0 Å². The van der Waals surface area contributed by atoms with E-state index in [0.717, 1.165) is 12.8 Å². The van der Waals surface area contributed by atoms with E-state index >= 15 is 0 Å². The lowest BCUT2D eigenvalue weighted by Crippen LogP contribution is -2.41. The maximum Gasteiger partial charge on any atom is 0.236 e. The highest BCUT2D eigenvalue weighted by Gasteiger charge is 2.12. The third-order valence-corrected chi connectivity index (χ3v) is 2.23. The predicted molar refractivity (Wildman–Crippen MR) is 63.8 cm³/mol. The molecule has 0 radical (unpaired) electrons. The Balaban J connectivity index is 3.60. The molecular formula is C11H23N3O2. The van der Waals surface area contributed by atoms with Gasteiger partial charge in [0.15, 0.2) is 0 Å². The first-order chi connectivity index (χ1) is 7.61.